The quantitative estimate of drug-likeness (QED) is 0.802. The van der Waals surface area contributed by atoms with E-state index in [9.17, 15) is 9.90 Å². The molecule has 3 aromatic rings. The number of hydrogen-bond donors (Lipinski definition) is 1. The Hall–Kier alpha value is -3.15. The number of benzene rings is 1. The fourth-order valence-electron chi connectivity index (χ4n) is 2.22. The van der Waals surface area contributed by atoms with Gasteiger partial charge < -0.3 is 10.0 Å². The van der Waals surface area contributed by atoms with Gasteiger partial charge in [-0.2, -0.15) is 5.10 Å². The molecular formula is C17H16N4O2. The van der Waals surface area contributed by atoms with E-state index in [-0.39, 0.29) is 17.4 Å². The van der Waals surface area contributed by atoms with Crippen molar-refractivity contribution < 1.29 is 9.90 Å². The van der Waals surface area contributed by atoms with E-state index >= 15 is 0 Å². The molecule has 6 nitrogen and oxygen atoms in total. The minimum atomic E-state index is -0.358. The van der Waals surface area contributed by atoms with Crippen LogP contribution < -0.4 is 0 Å². The van der Waals surface area contributed by atoms with Crippen molar-refractivity contribution in [1.29, 1.82) is 0 Å². The average Bonchev–Trinajstić information content (AvgIpc) is 2.97. The zero-order valence-electron chi connectivity index (χ0n) is 12.6. The lowest BCUT2D eigenvalue weighted by atomic mass is 10.3. The van der Waals surface area contributed by atoms with Gasteiger partial charge in [-0.1, -0.05) is 24.3 Å². The summed E-state index contributed by atoms with van der Waals surface area (Å²) in [6.45, 7) is 0.345. The van der Waals surface area contributed by atoms with Crippen LogP contribution in [0, 0.1) is 0 Å². The standard InChI is InChI=1S/C17H16N4O2/c1-20(11-13-7-5-6-10-18-13)17(23)16-15(22)12-21(19-16)14-8-3-2-4-9-14/h2-10,12,22H,11H2,1H3. The van der Waals surface area contributed by atoms with Gasteiger partial charge >= 0.3 is 0 Å². The normalized spacial score (nSPS) is 10.5. The topological polar surface area (TPSA) is 71.2 Å². The lowest BCUT2D eigenvalue weighted by molar-refractivity contribution is 0.0774. The van der Waals surface area contributed by atoms with Gasteiger partial charge in [0, 0.05) is 13.2 Å². The smallest absolute Gasteiger partial charge is 0.278 e. The van der Waals surface area contributed by atoms with E-state index in [4.69, 9.17) is 0 Å². The second-order valence-corrected chi connectivity index (χ2v) is 5.13. The highest BCUT2D eigenvalue weighted by Gasteiger charge is 2.21. The number of amides is 1. The van der Waals surface area contributed by atoms with Crippen LogP contribution in [-0.2, 0) is 6.54 Å². The summed E-state index contributed by atoms with van der Waals surface area (Å²) in [5.74, 6) is -0.505. The van der Waals surface area contributed by atoms with Gasteiger partial charge in [0.25, 0.3) is 5.91 Å². The Bertz CT molecular complexity index is 800. The second-order valence-electron chi connectivity index (χ2n) is 5.13. The van der Waals surface area contributed by atoms with Crippen molar-refractivity contribution in [2.75, 3.05) is 7.05 Å². The van der Waals surface area contributed by atoms with E-state index in [1.54, 1.807) is 13.2 Å². The molecule has 0 saturated carbocycles. The maximum Gasteiger partial charge on any atom is 0.278 e. The molecule has 1 N–H and O–H groups in total. The maximum absolute atomic E-state index is 12.5. The summed E-state index contributed by atoms with van der Waals surface area (Å²) in [4.78, 5) is 18.1. The highest BCUT2D eigenvalue weighted by atomic mass is 16.3. The summed E-state index contributed by atoms with van der Waals surface area (Å²) < 4.78 is 1.48. The molecule has 0 saturated heterocycles. The van der Waals surface area contributed by atoms with Crippen molar-refractivity contribution >= 4 is 5.91 Å². The van der Waals surface area contributed by atoms with Crippen LogP contribution in [-0.4, -0.2) is 37.7 Å². The summed E-state index contributed by atoms with van der Waals surface area (Å²) in [6.07, 6.45) is 3.10. The molecule has 0 atom stereocenters. The lowest BCUT2D eigenvalue weighted by Gasteiger charge is -2.15. The molecular weight excluding hydrogens is 292 g/mol. The van der Waals surface area contributed by atoms with Gasteiger partial charge in [-0.05, 0) is 24.3 Å². The van der Waals surface area contributed by atoms with Gasteiger partial charge in [0.15, 0.2) is 11.4 Å². The van der Waals surface area contributed by atoms with Crippen LogP contribution in [0.25, 0.3) is 5.69 Å². The zero-order valence-corrected chi connectivity index (χ0v) is 12.6. The Morgan fingerprint density at radius 3 is 2.61 bits per heavy atom. The first-order chi connectivity index (χ1) is 11.1. The van der Waals surface area contributed by atoms with Crippen LogP contribution in [0.5, 0.6) is 5.75 Å². The van der Waals surface area contributed by atoms with Crippen LogP contribution in [0.4, 0.5) is 0 Å². The second kappa shape index (κ2) is 6.31. The minimum Gasteiger partial charge on any atom is -0.504 e. The van der Waals surface area contributed by atoms with Crippen molar-refractivity contribution in [3.05, 3.63) is 72.3 Å². The molecule has 23 heavy (non-hydrogen) atoms. The number of aromatic nitrogens is 3. The molecule has 0 bridgehead atoms. The largest absolute Gasteiger partial charge is 0.504 e. The van der Waals surface area contributed by atoms with Crippen molar-refractivity contribution in [2.24, 2.45) is 0 Å². The monoisotopic (exact) mass is 308 g/mol. The highest BCUT2D eigenvalue weighted by Crippen LogP contribution is 2.19. The van der Waals surface area contributed by atoms with E-state index < -0.39 is 0 Å². The van der Waals surface area contributed by atoms with Gasteiger partial charge in [-0.15, -0.1) is 0 Å². The third-order valence-electron chi connectivity index (χ3n) is 3.39. The number of para-hydroxylation sites is 1. The molecule has 0 aliphatic carbocycles. The number of carbonyl (C=O) groups is 1. The molecule has 0 aliphatic rings. The first-order valence-electron chi connectivity index (χ1n) is 7.14. The van der Waals surface area contributed by atoms with Gasteiger partial charge in [0.2, 0.25) is 0 Å². The molecule has 0 unspecified atom stereocenters. The van der Waals surface area contributed by atoms with E-state index in [0.29, 0.717) is 6.54 Å². The minimum absolute atomic E-state index is 0.0206. The third kappa shape index (κ3) is 3.21. The highest BCUT2D eigenvalue weighted by molar-refractivity contribution is 5.94. The van der Waals surface area contributed by atoms with E-state index in [1.165, 1.54) is 15.8 Å². The van der Waals surface area contributed by atoms with Gasteiger partial charge in [-0.3, -0.25) is 9.78 Å². The Labute approximate surface area is 133 Å². The molecule has 1 amide bonds. The predicted molar refractivity (Wildman–Crippen MR) is 85.3 cm³/mol. The number of pyridine rings is 1. The SMILES string of the molecule is CN(Cc1ccccn1)C(=O)c1nn(-c2ccccc2)cc1O. The first kappa shape index (κ1) is 14.8. The Morgan fingerprint density at radius 1 is 1.17 bits per heavy atom. The summed E-state index contributed by atoms with van der Waals surface area (Å²) in [5, 5.41) is 14.2. The zero-order chi connectivity index (χ0) is 16.2. The molecule has 1 aromatic carbocycles. The predicted octanol–water partition coefficient (Wildman–Crippen LogP) is 2.25. The molecule has 2 heterocycles. The maximum atomic E-state index is 12.5. The molecule has 116 valence electrons. The number of nitrogens with zero attached hydrogens (tertiary/aromatic N) is 4. The van der Waals surface area contributed by atoms with E-state index in [1.807, 2.05) is 48.5 Å². The third-order valence-corrected chi connectivity index (χ3v) is 3.39. The first-order valence-corrected chi connectivity index (χ1v) is 7.14. The van der Waals surface area contributed by atoms with Crippen molar-refractivity contribution in [1.82, 2.24) is 19.7 Å². The van der Waals surface area contributed by atoms with Crippen LogP contribution in [0.3, 0.4) is 0 Å². The molecule has 0 fully saturated rings. The van der Waals surface area contributed by atoms with Crippen LogP contribution in [0.1, 0.15) is 16.2 Å². The molecule has 0 radical (unpaired) electrons. The Morgan fingerprint density at radius 2 is 1.91 bits per heavy atom. The number of rotatable bonds is 4. The van der Waals surface area contributed by atoms with Crippen LogP contribution in [0.15, 0.2) is 60.9 Å². The van der Waals surface area contributed by atoms with E-state index in [2.05, 4.69) is 10.1 Å². The number of aromatic hydroxyl groups is 1. The van der Waals surface area contributed by atoms with Gasteiger partial charge in [0.05, 0.1) is 24.1 Å². The molecule has 0 spiro atoms. The number of hydrogen-bond acceptors (Lipinski definition) is 4. The van der Waals surface area contributed by atoms with Crippen LogP contribution >= 0.6 is 0 Å². The molecule has 6 heteroatoms. The summed E-state index contributed by atoms with van der Waals surface area (Å²) in [7, 11) is 1.65. The average molecular weight is 308 g/mol. The van der Waals surface area contributed by atoms with Crippen molar-refractivity contribution in [3.63, 3.8) is 0 Å². The Kier molecular flexibility index (Phi) is 4.05. The van der Waals surface area contributed by atoms with Gasteiger partial charge in [-0.25, -0.2) is 4.68 Å². The molecule has 3 rings (SSSR count). The molecule has 0 aliphatic heterocycles. The fourth-order valence-corrected chi connectivity index (χ4v) is 2.22. The lowest BCUT2D eigenvalue weighted by Crippen LogP contribution is -2.27. The van der Waals surface area contributed by atoms with Gasteiger partial charge in [0.1, 0.15) is 0 Å². The van der Waals surface area contributed by atoms with Crippen molar-refractivity contribution in [3.8, 4) is 11.4 Å². The Balaban J connectivity index is 1.81. The summed E-state index contributed by atoms with van der Waals surface area (Å²) >= 11 is 0. The summed E-state index contributed by atoms with van der Waals surface area (Å²) in [6, 6.07) is 14.8. The number of carbonyl (C=O) groups excluding carboxylic acids is 1. The van der Waals surface area contributed by atoms with E-state index in [0.717, 1.165) is 11.4 Å². The van der Waals surface area contributed by atoms with Crippen molar-refractivity contribution in [2.45, 2.75) is 6.54 Å². The fraction of sp³-hybridized carbons (Fsp3) is 0.118. The van der Waals surface area contributed by atoms with Crippen LogP contribution in [0.2, 0.25) is 0 Å². The summed E-state index contributed by atoms with van der Waals surface area (Å²) in [5.41, 5.74) is 1.56. The molecule has 2 aromatic heterocycles.